The van der Waals surface area contributed by atoms with E-state index in [2.05, 4.69) is 20.8 Å². The Morgan fingerprint density at radius 1 is 1.03 bits per heavy atom. The molecule has 2 aromatic heterocycles. The Bertz CT molecular complexity index is 1160. The van der Waals surface area contributed by atoms with Gasteiger partial charge < -0.3 is 15.5 Å². The summed E-state index contributed by atoms with van der Waals surface area (Å²) < 4.78 is 1.99. The van der Waals surface area contributed by atoms with Crippen LogP contribution in [0.15, 0.2) is 48.7 Å². The van der Waals surface area contributed by atoms with E-state index < -0.39 is 6.04 Å². The molecular formula is C22H22N6O3. The molecule has 5 rings (SSSR count). The molecule has 9 heteroatoms. The molecule has 0 spiro atoms. The van der Waals surface area contributed by atoms with E-state index in [4.69, 9.17) is 0 Å². The number of rotatable bonds is 3. The molecule has 0 bridgehead atoms. The molecule has 3 amide bonds. The molecule has 2 aliphatic rings. The first-order valence-corrected chi connectivity index (χ1v) is 10.4. The maximum atomic E-state index is 12.9. The van der Waals surface area contributed by atoms with Crippen LogP contribution in [0.1, 0.15) is 41.4 Å². The molecule has 1 fully saturated rings. The average Bonchev–Trinajstić information content (AvgIpc) is 3.18. The van der Waals surface area contributed by atoms with Gasteiger partial charge in [0.25, 0.3) is 5.91 Å². The summed E-state index contributed by atoms with van der Waals surface area (Å²) in [6, 6.07) is 11.7. The third kappa shape index (κ3) is 3.63. The van der Waals surface area contributed by atoms with Gasteiger partial charge in [-0.25, -0.2) is 0 Å². The molecule has 31 heavy (non-hydrogen) atoms. The summed E-state index contributed by atoms with van der Waals surface area (Å²) in [5.74, 6) is 0.254. The van der Waals surface area contributed by atoms with Crippen LogP contribution in [0.25, 0.3) is 5.65 Å². The molecular weight excluding hydrogens is 396 g/mol. The maximum Gasteiger partial charge on any atom is 0.254 e. The second kappa shape index (κ2) is 7.82. The van der Waals surface area contributed by atoms with E-state index in [1.54, 1.807) is 29.2 Å². The third-order valence-corrected chi connectivity index (χ3v) is 5.98. The van der Waals surface area contributed by atoms with Gasteiger partial charge in [-0.3, -0.25) is 18.8 Å². The van der Waals surface area contributed by atoms with E-state index in [-0.39, 0.29) is 30.1 Å². The van der Waals surface area contributed by atoms with Crippen LogP contribution in [0.3, 0.4) is 0 Å². The quantitative estimate of drug-likeness (QED) is 0.671. The standard InChI is InChI=1S/C22H22N6O3/c29-19(13-17-22(31)23-16-6-2-1-5-15(16)21(30)24-17)27-11-8-14(9-12-27)20-26-25-18-7-3-4-10-28(18)20/h1-7,10,14,17H,8-9,11-13H2,(H,23,31)(H,24,30)/t17-/m0/s1. The molecule has 0 radical (unpaired) electrons. The number of nitrogens with zero attached hydrogens (tertiary/aromatic N) is 4. The lowest BCUT2D eigenvalue weighted by atomic mass is 9.95. The van der Waals surface area contributed by atoms with E-state index in [0.29, 0.717) is 24.3 Å². The molecule has 0 unspecified atom stereocenters. The summed E-state index contributed by atoms with van der Waals surface area (Å²) in [6.07, 6.45) is 3.43. The van der Waals surface area contributed by atoms with Crippen LogP contribution in [0, 0.1) is 0 Å². The number of fused-ring (bicyclic) bond motifs is 2. The van der Waals surface area contributed by atoms with Crippen molar-refractivity contribution in [1.82, 2.24) is 24.8 Å². The minimum atomic E-state index is -0.898. The van der Waals surface area contributed by atoms with Crippen molar-refractivity contribution in [3.63, 3.8) is 0 Å². The Morgan fingerprint density at radius 3 is 2.65 bits per heavy atom. The lowest BCUT2D eigenvalue weighted by molar-refractivity contribution is -0.134. The molecule has 0 aliphatic carbocycles. The van der Waals surface area contributed by atoms with Gasteiger partial charge in [0.05, 0.1) is 17.7 Å². The lowest BCUT2D eigenvalue weighted by Crippen LogP contribution is -2.46. The molecule has 1 aromatic carbocycles. The van der Waals surface area contributed by atoms with Crippen LogP contribution in [0.2, 0.25) is 0 Å². The first-order chi connectivity index (χ1) is 15.1. The Kier molecular flexibility index (Phi) is 4.85. The highest BCUT2D eigenvalue weighted by Crippen LogP contribution is 2.27. The number of para-hydroxylation sites is 1. The van der Waals surface area contributed by atoms with Gasteiger partial charge in [-0.15, -0.1) is 10.2 Å². The third-order valence-electron chi connectivity index (χ3n) is 5.98. The molecule has 1 saturated heterocycles. The van der Waals surface area contributed by atoms with Crippen molar-refractivity contribution in [3.8, 4) is 0 Å². The SMILES string of the molecule is O=C1N[C@@H](CC(=O)N2CCC(c3nnc4ccccn34)CC2)C(=O)Nc2ccccc21. The number of aromatic nitrogens is 3. The highest BCUT2D eigenvalue weighted by atomic mass is 16.2. The number of pyridine rings is 1. The van der Waals surface area contributed by atoms with Crippen molar-refractivity contribution in [2.24, 2.45) is 0 Å². The van der Waals surface area contributed by atoms with Gasteiger partial charge in [0.1, 0.15) is 11.9 Å². The van der Waals surface area contributed by atoms with E-state index in [0.717, 1.165) is 24.3 Å². The van der Waals surface area contributed by atoms with Crippen molar-refractivity contribution >= 4 is 29.1 Å². The second-order valence-corrected chi connectivity index (χ2v) is 7.91. The van der Waals surface area contributed by atoms with Crippen molar-refractivity contribution in [2.75, 3.05) is 18.4 Å². The van der Waals surface area contributed by atoms with Crippen molar-refractivity contribution < 1.29 is 14.4 Å². The van der Waals surface area contributed by atoms with Gasteiger partial charge in [0.15, 0.2) is 5.65 Å². The Balaban J connectivity index is 1.22. The van der Waals surface area contributed by atoms with Gasteiger partial charge in [0, 0.05) is 25.2 Å². The zero-order chi connectivity index (χ0) is 21.4. The van der Waals surface area contributed by atoms with E-state index in [1.165, 1.54) is 0 Å². The summed E-state index contributed by atoms with van der Waals surface area (Å²) in [5, 5.41) is 14.0. The number of benzene rings is 1. The van der Waals surface area contributed by atoms with Crippen LogP contribution in [0.5, 0.6) is 0 Å². The summed E-state index contributed by atoms with van der Waals surface area (Å²) >= 11 is 0. The van der Waals surface area contributed by atoms with Crippen LogP contribution in [0.4, 0.5) is 5.69 Å². The normalized spacial score (nSPS) is 19.5. The van der Waals surface area contributed by atoms with E-state index in [9.17, 15) is 14.4 Å². The number of piperidine rings is 1. The maximum absolute atomic E-state index is 12.9. The fraction of sp³-hybridized carbons (Fsp3) is 0.318. The molecule has 0 saturated carbocycles. The molecule has 4 heterocycles. The lowest BCUT2D eigenvalue weighted by Gasteiger charge is -2.32. The van der Waals surface area contributed by atoms with Gasteiger partial charge in [-0.1, -0.05) is 18.2 Å². The largest absolute Gasteiger partial charge is 0.343 e. The minimum absolute atomic E-state index is 0.0654. The van der Waals surface area contributed by atoms with E-state index in [1.807, 2.05) is 28.8 Å². The zero-order valence-corrected chi connectivity index (χ0v) is 16.8. The van der Waals surface area contributed by atoms with E-state index >= 15 is 0 Å². The second-order valence-electron chi connectivity index (χ2n) is 7.91. The molecule has 158 valence electrons. The topological polar surface area (TPSA) is 109 Å². The fourth-order valence-electron chi connectivity index (χ4n) is 4.28. The van der Waals surface area contributed by atoms with Crippen LogP contribution in [-0.2, 0) is 9.59 Å². The highest BCUT2D eigenvalue weighted by Gasteiger charge is 2.32. The zero-order valence-electron chi connectivity index (χ0n) is 16.8. The van der Waals surface area contributed by atoms with Crippen molar-refractivity contribution in [2.45, 2.75) is 31.2 Å². The number of carbonyl (C=O) groups excluding carboxylic acids is 3. The fourth-order valence-corrected chi connectivity index (χ4v) is 4.28. The number of amides is 3. The van der Waals surface area contributed by atoms with Crippen LogP contribution < -0.4 is 10.6 Å². The molecule has 2 N–H and O–H groups in total. The number of likely N-dealkylation sites (tertiary alicyclic amines) is 1. The van der Waals surface area contributed by atoms with Crippen molar-refractivity contribution in [1.29, 1.82) is 0 Å². The summed E-state index contributed by atoms with van der Waals surface area (Å²) in [7, 11) is 0. The Hall–Kier alpha value is -3.75. The molecule has 1 atom stereocenters. The Labute approximate surface area is 178 Å². The average molecular weight is 418 g/mol. The predicted molar refractivity (Wildman–Crippen MR) is 112 cm³/mol. The minimum Gasteiger partial charge on any atom is -0.343 e. The van der Waals surface area contributed by atoms with Gasteiger partial charge in [0.2, 0.25) is 11.8 Å². The number of carbonyl (C=O) groups is 3. The molecule has 9 nitrogen and oxygen atoms in total. The summed E-state index contributed by atoms with van der Waals surface area (Å²) in [4.78, 5) is 39.6. The number of anilines is 1. The van der Waals surface area contributed by atoms with Crippen LogP contribution >= 0.6 is 0 Å². The number of hydrogen-bond donors (Lipinski definition) is 2. The number of hydrogen-bond acceptors (Lipinski definition) is 5. The highest BCUT2D eigenvalue weighted by molar-refractivity contribution is 6.10. The summed E-state index contributed by atoms with van der Waals surface area (Å²) in [5.41, 5.74) is 1.67. The Morgan fingerprint density at radius 2 is 1.81 bits per heavy atom. The first kappa shape index (κ1) is 19.2. The van der Waals surface area contributed by atoms with Crippen LogP contribution in [-0.4, -0.2) is 56.4 Å². The van der Waals surface area contributed by atoms with Gasteiger partial charge in [-0.05, 0) is 37.1 Å². The molecule has 2 aliphatic heterocycles. The molecule has 3 aromatic rings. The number of nitrogens with one attached hydrogen (secondary N) is 2. The smallest absolute Gasteiger partial charge is 0.254 e. The summed E-state index contributed by atoms with van der Waals surface area (Å²) in [6.45, 7) is 1.15. The predicted octanol–water partition coefficient (Wildman–Crippen LogP) is 1.58. The monoisotopic (exact) mass is 418 g/mol. The van der Waals surface area contributed by atoms with Gasteiger partial charge in [-0.2, -0.15) is 0 Å². The van der Waals surface area contributed by atoms with Crippen molar-refractivity contribution in [3.05, 3.63) is 60.0 Å². The van der Waals surface area contributed by atoms with Gasteiger partial charge >= 0.3 is 0 Å². The first-order valence-electron chi connectivity index (χ1n) is 10.4.